The smallest absolute Gasteiger partial charge is 0.224 e. The van der Waals surface area contributed by atoms with Crippen LogP contribution in [0.3, 0.4) is 0 Å². The van der Waals surface area contributed by atoms with Crippen molar-refractivity contribution in [2.75, 3.05) is 26.7 Å². The number of hydrogen-bond acceptors (Lipinski definition) is 2. The molecule has 0 aromatic heterocycles. The van der Waals surface area contributed by atoms with E-state index in [1.807, 2.05) is 12.1 Å². The summed E-state index contributed by atoms with van der Waals surface area (Å²) in [4.78, 5) is 16.1. The average molecular weight is 528 g/mol. The molecule has 0 bridgehead atoms. The van der Waals surface area contributed by atoms with E-state index < -0.39 is 0 Å². The Kier molecular flexibility index (Phi) is 9.01. The third-order valence-corrected chi connectivity index (χ3v) is 5.11. The van der Waals surface area contributed by atoms with Gasteiger partial charge in [0, 0.05) is 32.1 Å². The number of nitrogens with one attached hydrogen (secondary N) is 3. The Morgan fingerprint density at radius 1 is 1.03 bits per heavy atom. The van der Waals surface area contributed by atoms with E-state index in [-0.39, 0.29) is 53.4 Å². The highest BCUT2D eigenvalue weighted by Crippen LogP contribution is 2.48. The molecular formula is C22H27F2IN4O. The summed E-state index contributed by atoms with van der Waals surface area (Å²) >= 11 is 0. The van der Waals surface area contributed by atoms with Crippen molar-refractivity contribution in [1.29, 1.82) is 0 Å². The molecule has 1 aliphatic rings. The van der Waals surface area contributed by atoms with Crippen LogP contribution in [0.2, 0.25) is 0 Å². The van der Waals surface area contributed by atoms with Crippen LogP contribution in [0.15, 0.2) is 53.5 Å². The fourth-order valence-corrected chi connectivity index (χ4v) is 3.33. The Morgan fingerprint density at radius 3 is 2.43 bits per heavy atom. The lowest BCUT2D eigenvalue weighted by Gasteiger charge is -2.19. The molecule has 2 aromatic rings. The lowest BCUT2D eigenvalue weighted by molar-refractivity contribution is -0.120. The Bertz CT molecular complexity index is 887. The molecule has 3 rings (SSSR count). The second-order valence-corrected chi connectivity index (χ2v) is 7.27. The van der Waals surface area contributed by atoms with E-state index in [0.717, 1.165) is 18.4 Å². The molecule has 1 fully saturated rings. The fraction of sp³-hybridized carbons (Fsp3) is 0.364. The summed E-state index contributed by atoms with van der Waals surface area (Å²) in [5.41, 5.74) is 1.20. The molecule has 0 atom stereocenters. The molecule has 0 aliphatic heterocycles. The second-order valence-electron chi connectivity index (χ2n) is 7.27. The van der Waals surface area contributed by atoms with E-state index in [0.29, 0.717) is 31.2 Å². The monoisotopic (exact) mass is 528 g/mol. The number of guanidine groups is 1. The maximum atomic E-state index is 14.1. The number of nitrogens with zero attached hydrogens (tertiary/aromatic N) is 1. The predicted molar refractivity (Wildman–Crippen MR) is 125 cm³/mol. The van der Waals surface area contributed by atoms with Crippen LogP contribution in [0.1, 0.15) is 24.0 Å². The summed E-state index contributed by atoms with van der Waals surface area (Å²) in [5.74, 6) is -0.0877. The summed E-state index contributed by atoms with van der Waals surface area (Å²) in [5, 5.41) is 9.18. The van der Waals surface area contributed by atoms with Crippen molar-refractivity contribution >= 4 is 35.8 Å². The molecule has 1 aliphatic carbocycles. The lowest BCUT2D eigenvalue weighted by Crippen LogP contribution is -2.44. The van der Waals surface area contributed by atoms with Crippen molar-refractivity contribution < 1.29 is 13.6 Å². The molecule has 1 amide bonds. The Labute approximate surface area is 192 Å². The predicted octanol–water partition coefficient (Wildman–Crippen LogP) is 3.14. The Hall–Kier alpha value is -2.23. The SMILES string of the molecule is CN=C(NCCNC(=O)Cc1cccc(F)c1)NCC1(c2ccccc2F)CC1.I. The van der Waals surface area contributed by atoms with E-state index in [9.17, 15) is 13.6 Å². The van der Waals surface area contributed by atoms with Crippen LogP contribution in [0, 0.1) is 11.6 Å². The van der Waals surface area contributed by atoms with Crippen LogP contribution in [0.5, 0.6) is 0 Å². The van der Waals surface area contributed by atoms with Gasteiger partial charge in [0.15, 0.2) is 5.96 Å². The quantitative estimate of drug-likeness (QED) is 0.214. The van der Waals surface area contributed by atoms with Crippen LogP contribution in [0.25, 0.3) is 0 Å². The molecule has 1 saturated carbocycles. The zero-order valence-corrected chi connectivity index (χ0v) is 19.2. The summed E-state index contributed by atoms with van der Waals surface area (Å²) in [6.07, 6.45) is 2.01. The van der Waals surface area contributed by atoms with Crippen molar-refractivity contribution in [3.63, 3.8) is 0 Å². The van der Waals surface area contributed by atoms with Gasteiger partial charge in [-0.2, -0.15) is 0 Å². The number of carbonyl (C=O) groups is 1. The maximum absolute atomic E-state index is 14.1. The van der Waals surface area contributed by atoms with E-state index in [2.05, 4.69) is 20.9 Å². The molecule has 0 spiro atoms. The van der Waals surface area contributed by atoms with Gasteiger partial charge in [0.2, 0.25) is 5.91 Å². The molecule has 162 valence electrons. The molecule has 30 heavy (non-hydrogen) atoms. The number of benzene rings is 2. The second kappa shape index (κ2) is 11.2. The Balaban J connectivity index is 0.00000320. The van der Waals surface area contributed by atoms with Gasteiger partial charge in [-0.1, -0.05) is 30.3 Å². The first-order valence-corrected chi connectivity index (χ1v) is 9.73. The highest BCUT2D eigenvalue weighted by atomic mass is 127. The molecule has 8 heteroatoms. The van der Waals surface area contributed by atoms with Gasteiger partial charge in [0.05, 0.1) is 6.42 Å². The molecule has 0 radical (unpaired) electrons. The van der Waals surface area contributed by atoms with E-state index >= 15 is 0 Å². The van der Waals surface area contributed by atoms with Gasteiger partial charge in [-0.25, -0.2) is 8.78 Å². The van der Waals surface area contributed by atoms with Crippen LogP contribution in [-0.2, 0) is 16.6 Å². The minimum absolute atomic E-state index is 0. The largest absolute Gasteiger partial charge is 0.356 e. The normalized spacial score (nSPS) is 14.4. The molecule has 0 unspecified atom stereocenters. The van der Waals surface area contributed by atoms with Gasteiger partial charge in [-0.15, -0.1) is 24.0 Å². The number of carbonyl (C=O) groups excluding carboxylic acids is 1. The number of amides is 1. The summed E-state index contributed by atoms with van der Waals surface area (Å²) < 4.78 is 27.3. The lowest BCUT2D eigenvalue weighted by atomic mass is 9.95. The third kappa shape index (κ3) is 6.65. The summed E-state index contributed by atoms with van der Waals surface area (Å²) in [7, 11) is 1.67. The van der Waals surface area contributed by atoms with E-state index in [1.165, 1.54) is 18.2 Å². The Morgan fingerprint density at radius 2 is 1.77 bits per heavy atom. The molecule has 2 aromatic carbocycles. The first kappa shape index (κ1) is 24.0. The minimum Gasteiger partial charge on any atom is -0.356 e. The van der Waals surface area contributed by atoms with Crippen LogP contribution >= 0.6 is 24.0 Å². The van der Waals surface area contributed by atoms with Gasteiger partial charge < -0.3 is 16.0 Å². The summed E-state index contributed by atoms with van der Waals surface area (Å²) in [6.45, 7) is 1.49. The number of aliphatic imine (C=N–C) groups is 1. The highest BCUT2D eigenvalue weighted by molar-refractivity contribution is 14.0. The molecule has 0 saturated heterocycles. The zero-order chi connectivity index (χ0) is 20.7. The molecular weight excluding hydrogens is 501 g/mol. The minimum atomic E-state index is -0.351. The highest BCUT2D eigenvalue weighted by Gasteiger charge is 2.45. The number of halogens is 3. The number of rotatable bonds is 8. The molecule has 5 nitrogen and oxygen atoms in total. The van der Waals surface area contributed by atoms with Crippen molar-refractivity contribution in [3.8, 4) is 0 Å². The molecule has 3 N–H and O–H groups in total. The number of hydrogen-bond donors (Lipinski definition) is 3. The fourth-order valence-electron chi connectivity index (χ4n) is 3.33. The topological polar surface area (TPSA) is 65.5 Å². The standard InChI is InChI=1S/C22H26F2N4O.HI/c1-25-21(28-15-22(9-10-22)18-7-2-3-8-19(18)24)27-12-11-26-20(29)14-16-5-4-6-17(23)13-16;/h2-8,13H,9-12,14-15H2,1H3,(H,26,29)(H2,25,27,28);1H. The zero-order valence-electron chi connectivity index (χ0n) is 16.9. The van der Waals surface area contributed by atoms with Gasteiger partial charge >= 0.3 is 0 Å². The summed E-state index contributed by atoms with van der Waals surface area (Å²) in [6, 6.07) is 12.9. The maximum Gasteiger partial charge on any atom is 0.224 e. The van der Waals surface area contributed by atoms with E-state index in [4.69, 9.17) is 0 Å². The van der Waals surface area contributed by atoms with Gasteiger partial charge in [-0.3, -0.25) is 9.79 Å². The van der Waals surface area contributed by atoms with Gasteiger partial charge in [0.1, 0.15) is 11.6 Å². The van der Waals surface area contributed by atoms with Crippen LogP contribution in [-0.4, -0.2) is 38.5 Å². The van der Waals surface area contributed by atoms with Crippen LogP contribution in [0.4, 0.5) is 8.78 Å². The first-order chi connectivity index (χ1) is 14.0. The molecule has 0 heterocycles. The third-order valence-electron chi connectivity index (χ3n) is 5.11. The van der Waals surface area contributed by atoms with Gasteiger partial charge in [0.25, 0.3) is 0 Å². The van der Waals surface area contributed by atoms with E-state index in [1.54, 1.807) is 25.2 Å². The van der Waals surface area contributed by atoms with Crippen molar-refractivity contribution in [3.05, 3.63) is 71.3 Å². The van der Waals surface area contributed by atoms with Crippen molar-refractivity contribution in [2.24, 2.45) is 4.99 Å². The van der Waals surface area contributed by atoms with Crippen molar-refractivity contribution in [2.45, 2.75) is 24.7 Å². The van der Waals surface area contributed by atoms with Crippen LogP contribution < -0.4 is 16.0 Å². The first-order valence-electron chi connectivity index (χ1n) is 9.73. The van der Waals surface area contributed by atoms with Crippen molar-refractivity contribution in [1.82, 2.24) is 16.0 Å². The average Bonchev–Trinajstić information content (AvgIpc) is 3.48. The van der Waals surface area contributed by atoms with Gasteiger partial charge in [-0.05, 0) is 42.2 Å².